The molecule has 1 N–H and O–H groups in total. The van der Waals surface area contributed by atoms with Gasteiger partial charge in [0, 0.05) is 19.2 Å². The minimum atomic E-state index is -0.351. The summed E-state index contributed by atoms with van der Waals surface area (Å²) in [6.45, 7) is 3.77. The van der Waals surface area contributed by atoms with Gasteiger partial charge in [0.15, 0.2) is 0 Å². The molecular formula is C15H22N2O3. The summed E-state index contributed by atoms with van der Waals surface area (Å²) in [6, 6.07) is 5.24. The standard InChI is InChI=1S/C15H22N2O3/c1-2-16-14-7-6-13(10-15(14)17(18)19)11-20-9-8-12-4-3-5-12/h6-7,10,12,16H,2-5,8-9,11H2,1H3. The SMILES string of the molecule is CCNc1ccc(COCCC2CCC2)cc1[N+](=O)[O-]. The number of hydrogen-bond acceptors (Lipinski definition) is 4. The van der Waals surface area contributed by atoms with Gasteiger partial charge in [0.25, 0.3) is 5.69 Å². The molecule has 0 atom stereocenters. The summed E-state index contributed by atoms with van der Waals surface area (Å²) in [5.41, 5.74) is 1.54. The Morgan fingerprint density at radius 3 is 2.85 bits per heavy atom. The number of benzene rings is 1. The van der Waals surface area contributed by atoms with E-state index in [0.29, 0.717) is 18.8 Å². The molecule has 2 rings (SSSR count). The van der Waals surface area contributed by atoms with Crippen LogP contribution in [0.3, 0.4) is 0 Å². The molecule has 0 spiro atoms. The van der Waals surface area contributed by atoms with E-state index in [0.717, 1.165) is 24.5 Å². The average molecular weight is 278 g/mol. The molecule has 1 aromatic carbocycles. The molecule has 1 fully saturated rings. The molecule has 20 heavy (non-hydrogen) atoms. The summed E-state index contributed by atoms with van der Waals surface area (Å²) < 4.78 is 5.62. The van der Waals surface area contributed by atoms with Gasteiger partial charge in [0.2, 0.25) is 0 Å². The summed E-state index contributed by atoms with van der Waals surface area (Å²) in [7, 11) is 0. The normalized spacial score (nSPS) is 14.8. The van der Waals surface area contributed by atoms with Crippen LogP contribution < -0.4 is 5.32 Å². The fourth-order valence-corrected chi connectivity index (χ4v) is 2.38. The van der Waals surface area contributed by atoms with Crippen LogP contribution in [0.2, 0.25) is 0 Å². The molecule has 5 nitrogen and oxygen atoms in total. The van der Waals surface area contributed by atoms with E-state index in [9.17, 15) is 10.1 Å². The van der Waals surface area contributed by atoms with Gasteiger partial charge in [0.1, 0.15) is 5.69 Å². The highest BCUT2D eigenvalue weighted by atomic mass is 16.6. The third kappa shape index (κ3) is 3.93. The average Bonchev–Trinajstić information content (AvgIpc) is 2.38. The molecule has 0 bridgehead atoms. The zero-order valence-corrected chi connectivity index (χ0v) is 11.9. The number of nitrogens with zero attached hydrogens (tertiary/aromatic N) is 1. The van der Waals surface area contributed by atoms with Crippen molar-refractivity contribution in [3.63, 3.8) is 0 Å². The van der Waals surface area contributed by atoms with E-state index in [4.69, 9.17) is 4.74 Å². The lowest BCUT2D eigenvalue weighted by Gasteiger charge is -2.24. The minimum Gasteiger partial charge on any atom is -0.380 e. The maximum Gasteiger partial charge on any atom is 0.292 e. The van der Waals surface area contributed by atoms with Crippen LogP contribution in [0.15, 0.2) is 18.2 Å². The van der Waals surface area contributed by atoms with Crippen molar-refractivity contribution in [2.24, 2.45) is 5.92 Å². The van der Waals surface area contributed by atoms with Gasteiger partial charge >= 0.3 is 0 Å². The van der Waals surface area contributed by atoms with Crippen LogP contribution in [-0.4, -0.2) is 18.1 Å². The van der Waals surface area contributed by atoms with E-state index >= 15 is 0 Å². The number of ether oxygens (including phenoxy) is 1. The van der Waals surface area contributed by atoms with Gasteiger partial charge in [-0.15, -0.1) is 0 Å². The van der Waals surface area contributed by atoms with Gasteiger partial charge in [-0.3, -0.25) is 10.1 Å². The molecule has 0 aliphatic heterocycles. The second-order valence-electron chi connectivity index (χ2n) is 5.28. The first kappa shape index (κ1) is 14.8. The first-order valence-electron chi connectivity index (χ1n) is 7.29. The molecule has 110 valence electrons. The van der Waals surface area contributed by atoms with E-state index in [1.165, 1.54) is 19.3 Å². The largest absolute Gasteiger partial charge is 0.380 e. The number of rotatable bonds is 8. The Morgan fingerprint density at radius 1 is 1.45 bits per heavy atom. The van der Waals surface area contributed by atoms with Crippen molar-refractivity contribution >= 4 is 11.4 Å². The van der Waals surface area contributed by atoms with Crippen molar-refractivity contribution in [2.45, 2.75) is 39.2 Å². The van der Waals surface area contributed by atoms with E-state index in [2.05, 4.69) is 5.32 Å². The van der Waals surface area contributed by atoms with E-state index in [1.54, 1.807) is 12.1 Å². The summed E-state index contributed by atoms with van der Waals surface area (Å²) >= 11 is 0. The van der Waals surface area contributed by atoms with Crippen molar-refractivity contribution < 1.29 is 9.66 Å². The Hall–Kier alpha value is -1.62. The Kier molecular flexibility index (Phi) is 5.35. The first-order valence-corrected chi connectivity index (χ1v) is 7.29. The van der Waals surface area contributed by atoms with E-state index < -0.39 is 0 Å². The number of nitro benzene ring substituents is 1. The molecule has 0 aromatic heterocycles. The van der Waals surface area contributed by atoms with Crippen LogP contribution in [0.25, 0.3) is 0 Å². The summed E-state index contributed by atoms with van der Waals surface area (Å²) in [4.78, 5) is 10.7. The Labute approximate surface area is 119 Å². The topological polar surface area (TPSA) is 64.4 Å². The molecule has 5 heteroatoms. The highest BCUT2D eigenvalue weighted by molar-refractivity contribution is 5.62. The lowest BCUT2D eigenvalue weighted by molar-refractivity contribution is -0.384. The van der Waals surface area contributed by atoms with Crippen molar-refractivity contribution in [1.82, 2.24) is 0 Å². The Balaban J connectivity index is 1.87. The summed E-state index contributed by atoms with van der Waals surface area (Å²) in [6.07, 6.45) is 5.11. The molecule has 0 amide bonds. The molecule has 0 unspecified atom stereocenters. The molecule has 0 heterocycles. The maximum atomic E-state index is 11.0. The maximum absolute atomic E-state index is 11.0. The molecular weight excluding hydrogens is 256 g/mol. The van der Waals surface area contributed by atoms with Gasteiger partial charge in [-0.05, 0) is 30.9 Å². The third-order valence-corrected chi connectivity index (χ3v) is 3.79. The smallest absolute Gasteiger partial charge is 0.292 e. The quantitative estimate of drug-likeness (QED) is 0.447. The lowest BCUT2D eigenvalue weighted by atomic mass is 9.83. The molecule has 0 saturated heterocycles. The van der Waals surface area contributed by atoms with Crippen molar-refractivity contribution in [2.75, 3.05) is 18.5 Å². The molecule has 0 radical (unpaired) electrons. The summed E-state index contributed by atoms with van der Waals surface area (Å²) in [5.74, 6) is 0.834. The predicted molar refractivity (Wildman–Crippen MR) is 78.9 cm³/mol. The van der Waals surface area contributed by atoms with Gasteiger partial charge in [-0.1, -0.05) is 25.3 Å². The zero-order chi connectivity index (χ0) is 14.4. The molecule has 1 aliphatic rings. The number of anilines is 1. The monoisotopic (exact) mass is 278 g/mol. The number of hydrogen-bond donors (Lipinski definition) is 1. The molecule has 1 saturated carbocycles. The zero-order valence-electron chi connectivity index (χ0n) is 11.9. The molecule has 1 aromatic rings. The molecule has 1 aliphatic carbocycles. The van der Waals surface area contributed by atoms with Crippen LogP contribution in [0, 0.1) is 16.0 Å². The van der Waals surface area contributed by atoms with Gasteiger partial charge in [-0.25, -0.2) is 0 Å². The third-order valence-electron chi connectivity index (χ3n) is 3.79. The Morgan fingerprint density at radius 2 is 2.25 bits per heavy atom. The van der Waals surface area contributed by atoms with Crippen molar-refractivity contribution in [1.29, 1.82) is 0 Å². The number of nitro groups is 1. The van der Waals surface area contributed by atoms with Gasteiger partial charge in [0.05, 0.1) is 11.5 Å². The Bertz CT molecular complexity index is 458. The van der Waals surface area contributed by atoms with Crippen LogP contribution in [-0.2, 0) is 11.3 Å². The number of nitrogens with one attached hydrogen (secondary N) is 1. The van der Waals surface area contributed by atoms with Crippen LogP contribution >= 0.6 is 0 Å². The highest BCUT2D eigenvalue weighted by Gasteiger charge is 2.17. The van der Waals surface area contributed by atoms with Crippen LogP contribution in [0.4, 0.5) is 11.4 Å². The second-order valence-corrected chi connectivity index (χ2v) is 5.28. The fraction of sp³-hybridized carbons (Fsp3) is 0.600. The lowest BCUT2D eigenvalue weighted by Crippen LogP contribution is -2.13. The van der Waals surface area contributed by atoms with Gasteiger partial charge < -0.3 is 10.1 Å². The van der Waals surface area contributed by atoms with Crippen LogP contribution in [0.5, 0.6) is 0 Å². The van der Waals surface area contributed by atoms with Crippen molar-refractivity contribution in [3.8, 4) is 0 Å². The fourth-order valence-electron chi connectivity index (χ4n) is 2.38. The van der Waals surface area contributed by atoms with E-state index in [-0.39, 0.29) is 10.6 Å². The second kappa shape index (κ2) is 7.24. The van der Waals surface area contributed by atoms with Crippen LogP contribution in [0.1, 0.15) is 38.2 Å². The first-order chi connectivity index (χ1) is 9.70. The van der Waals surface area contributed by atoms with Crippen molar-refractivity contribution in [3.05, 3.63) is 33.9 Å². The van der Waals surface area contributed by atoms with E-state index in [1.807, 2.05) is 13.0 Å². The minimum absolute atomic E-state index is 0.118. The summed E-state index contributed by atoms with van der Waals surface area (Å²) in [5, 5.41) is 14.0. The van der Waals surface area contributed by atoms with Gasteiger partial charge in [-0.2, -0.15) is 0 Å². The predicted octanol–water partition coefficient (Wildman–Crippen LogP) is 3.73. The highest BCUT2D eigenvalue weighted by Crippen LogP contribution is 2.29.